The van der Waals surface area contributed by atoms with Crippen LogP contribution in [0.4, 0.5) is 0 Å². The van der Waals surface area contributed by atoms with E-state index in [4.69, 9.17) is 9.47 Å². The second-order valence-corrected chi connectivity index (χ2v) is 6.88. The smallest absolute Gasteiger partial charge is 0.303 e. The number of thiophene rings is 1. The third-order valence-electron chi connectivity index (χ3n) is 2.41. The van der Waals surface area contributed by atoms with E-state index in [1.807, 2.05) is 19.1 Å². The Morgan fingerprint density at radius 1 is 1.32 bits per heavy atom. The largest absolute Gasteiger partial charge is 0.466 e. The van der Waals surface area contributed by atoms with E-state index in [-0.39, 0.29) is 24.0 Å². The molecule has 0 saturated carbocycles. The first-order chi connectivity index (χ1) is 8.88. The molecule has 6 heteroatoms. The van der Waals surface area contributed by atoms with E-state index in [9.17, 15) is 9.59 Å². The maximum Gasteiger partial charge on any atom is 0.303 e. The molecule has 1 unspecified atom stereocenters. The summed E-state index contributed by atoms with van der Waals surface area (Å²) in [6.07, 6.45) is 0.333. The Labute approximate surface area is 125 Å². The van der Waals surface area contributed by atoms with Crippen LogP contribution >= 0.6 is 27.3 Å². The van der Waals surface area contributed by atoms with Crippen molar-refractivity contribution in [3.63, 3.8) is 0 Å². The monoisotopic (exact) mass is 348 g/mol. The summed E-state index contributed by atoms with van der Waals surface area (Å²) >= 11 is 4.93. The number of halogens is 1. The fourth-order valence-corrected chi connectivity index (χ4v) is 3.08. The lowest BCUT2D eigenvalue weighted by Crippen LogP contribution is -2.15. The molecular weight excluding hydrogens is 332 g/mol. The van der Waals surface area contributed by atoms with Crippen molar-refractivity contribution in [1.82, 2.24) is 0 Å². The number of esters is 2. The molecule has 4 nitrogen and oxygen atoms in total. The molecule has 1 aromatic heterocycles. The fraction of sp³-hybridized carbons (Fsp3) is 0.538. The molecule has 1 aromatic rings. The summed E-state index contributed by atoms with van der Waals surface area (Å²) in [5.41, 5.74) is 0. The second-order valence-electron chi connectivity index (χ2n) is 4.38. The quantitative estimate of drug-likeness (QED) is 0.735. The van der Waals surface area contributed by atoms with Gasteiger partial charge in [0, 0.05) is 18.7 Å². The van der Waals surface area contributed by atoms with Gasteiger partial charge in [0.15, 0.2) is 0 Å². The first kappa shape index (κ1) is 16.2. The van der Waals surface area contributed by atoms with Gasteiger partial charge in [-0.05, 0) is 40.4 Å². The SMILES string of the molecule is CC(=O)OC[C@H](C)CC(OC(C)=O)c1ccc(Br)s1. The molecule has 0 aliphatic carbocycles. The lowest BCUT2D eigenvalue weighted by atomic mass is 10.0. The zero-order valence-corrected chi connectivity index (χ0v) is 13.5. The Morgan fingerprint density at radius 2 is 2.00 bits per heavy atom. The molecule has 0 amide bonds. The topological polar surface area (TPSA) is 52.6 Å². The van der Waals surface area contributed by atoms with Gasteiger partial charge in [-0.25, -0.2) is 0 Å². The lowest BCUT2D eigenvalue weighted by Gasteiger charge is -2.19. The van der Waals surface area contributed by atoms with Gasteiger partial charge >= 0.3 is 11.9 Å². The summed E-state index contributed by atoms with van der Waals surface area (Å²) in [5.74, 6) is -0.488. The molecule has 0 bridgehead atoms. The van der Waals surface area contributed by atoms with Crippen LogP contribution in [-0.4, -0.2) is 18.5 Å². The zero-order chi connectivity index (χ0) is 14.4. The standard InChI is InChI=1S/C13H17BrO4S/c1-8(7-17-9(2)15)6-11(18-10(3)16)12-4-5-13(14)19-12/h4-5,8,11H,6-7H2,1-3H3/t8-,11?/m1/s1. The van der Waals surface area contributed by atoms with Crippen molar-refractivity contribution < 1.29 is 19.1 Å². The minimum absolute atomic E-state index is 0.120. The highest BCUT2D eigenvalue weighted by atomic mass is 79.9. The minimum Gasteiger partial charge on any atom is -0.466 e. The highest BCUT2D eigenvalue weighted by molar-refractivity contribution is 9.11. The maximum absolute atomic E-state index is 11.2. The molecule has 0 N–H and O–H groups in total. The van der Waals surface area contributed by atoms with Gasteiger partial charge < -0.3 is 9.47 Å². The van der Waals surface area contributed by atoms with Crippen LogP contribution in [0.5, 0.6) is 0 Å². The Hall–Kier alpha value is -0.880. The van der Waals surface area contributed by atoms with Crippen molar-refractivity contribution in [2.45, 2.75) is 33.3 Å². The Kier molecular flexibility index (Phi) is 6.51. The van der Waals surface area contributed by atoms with Gasteiger partial charge in [0.05, 0.1) is 10.4 Å². The Morgan fingerprint density at radius 3 is 2.47 bits per heavy atom. The lowest BCUT2D eigenvalue weighted by molar-refractivity contribution is -0.149. The summed E-state index contributed by atoms with van der Waals surface area (Å²) in [5, 5.41) is 0. The van der Waals surface area contributed by atoms with E-state index in [1.165, 1.54) is 25.2 Å². The number of hydrogen-bond acceptors (Lipinski definition) is 5. The number of ether oxygens (including phenoxy) is 2. The number of hydrogen-bond donors (Lipinski definition) is 0. The molecule has 1 rings (SSSR count). The van der Waals surface area contributed by atoms with Crippen molar-refractivity contribution >= 4 is 39.2 Å². The molecule has 0 aliphatic rings. The highest BCUT2D eigenvalue weighted by Gasteiger charge is 2.20. The van der Waals surface area contributed by atoms with Crippen LogP contribution in [0.1, 0.15) is 38.2 Å². The minimum atomic E-state index is -0.311. The molecule has 19 heavy (non-hydrogen) atoms. The second kappa shape index (κ2) is 7.65. The van der Waals surface area contributed by atoms with Crippen molar-refractivity contribution in [2.24, 2.45) is 5.92 Å². The van der Waals surface area contributed by atoms with Crippen molar-refractivity contribution in [1.29, 1.82) is 0 Å². The molecule has 106 valence electrons. The Balaban J connectivity index is 2.64. The molecule has 0 fully saturated rings. The third kappa shape index (κ3) is 6.20. The van der Waals surface area contributed by atoms with E-state index in [2.05, 4.69) is 15.9 Å². The molecule has 2 atom stereocenters. The van der Waals surface area contributed by atoms with Crippen molar-refractivity contribution in [2.75, 3.05) is 6.61 Å². The molecule has 0 aliphatic heterocycles. The molecule has 1 heterocycles. The van der Waals surface area contributed by atoms with Crippen LogP contribution in [0.25, 0.3) is 0 Å². The average Bonchev–Trinajstić information content (AvgIpc) is 2.72. The van der Waals surface area contributed by atoms with E-state index in [0.29, 0.717) is 13.0 Å². The fourth-order valence-electron chi connectivity index (χ4n) is 1.62. The van der Waals surface area contributed by atoms with Gasteiger partial charge in [0.25, 0.3) is 0 Å². The van der Waals surface area contributed by atoms with E-state index in [1.54, 1.807) is 0 Å². The normalized spacial score (nSPS) is 13.7. The summed E-state index contributed by atoms with van der Waals surface area (Å²) in [7, 11) is 0. The number of rotatable bonds is 6. The first-order valence-electron chi connectivity index (χ1n) is 5.94. The van der Waals surface area contributed by atoms with Crippen LogP contribution in [0.3, 0.4) is 0 Å². The molecular formula is C13H17BrO4S. The first-order valence-corrected chi connectivity index (χ1v) is 7.55. The van der Waals surface area contributed by atoms with Gasteiger partial charge in [-0.3, -0.25) is 9.59 Å². The van der Waals surface area contributed by atoms with Crippen molar-refractivity contribution in [3.8, 4) is 0 Å². The summed E-state index contributed by atoms with van der Waals surface area (Å²) in [6, 6.07) is 3.86. The maximum atomic E-state index is 11.2. The molecule has 0 aromatic carbocycles. The van der Waals surface area contributed by atoms with Gasteiger partial charge in [-0.1, -0.05) is 6.92 Å². The zero-order valence-electron chi connectivity index (χ0n) is 11.1. The van der Waals surface area contributed by atoms with Gasteiger partial charge in [-0.15, -0.1) is 11.3 Å². The van der Waals surface area contributed by atoms with Crippen LogP contribution in [0, 0.1) is 5.92 Å². The van der Waals surface area contributed by atoms with Gasteiger partial charge in [-0.2, -0.15) is 0 Å². The molecule has 0 radical (unpaired) electrons. The van der Waals surface area contributed by atoms with E-state index < -0.39 is 0 Å². The van der Waals surface area contributed by atoms with Crippen LogP contribution in [0.2, 0.25) is 0 Å². The predicted molar refractivity (Wildman–Crippen MR) is 76.9 cm³/mol. The molecule has 0 saturated heterocycles. The average molecular weight is 349 g/mol. The summed E-state index contributed by atoms with van der Waals surface area (Å²) < 4.78 is 11.3. The van der Waals surface area contributed by atoms with E-state index >= 15 is 0 Å². The van der Waals surface area contributed by atoms with Crippen LogP contribution in [0.15, 0.2) is 15.9 Å². The van der Waals surface area contributed by atoms with Crippen LogP contribution in [-0.2, 0) is 19.1 Å². The van der Waals surface area contributed by atoms with Gasteiger partial charge in [0.1, 0.15) is 6.10 Å². The third-order valence-corrected chi connectivity index (χ3v) is 4.12. The summed E-state index contributed by atoms with van der Waals surface area (Å²) in [4.78, 5) is 22.9. The summed E-state index contributed by atoms with van der Waals surface area (Å²) in [6.45, 7) is 5.07. The number of carbonyl (C=O) groups is 2. The van der Waals surface area contributed by atoms with Crippen LogP contribution < -0.4 is 0 Å². The predicted octanol–water partition coefficient (Wildman–Crippen LogP) is 3.70. The van der Waals surface area contributed by atoms with Crippen molar-refractivity contribution in [3.05, 3.63) is 20.8 Å². The molecule has 0 spiro atoms. The van der Waals surface area contributed by atoms with E-state index in [0.717, 1.165) is 8.66 Å². The van der Waals surface area contributed by atoms with Gasteiger partial charge in [0.2, 0.25) is 0 Å². The number of carbonyl (C=O) groups excluding carboxylic acids is 2. The Bertz CT molecular complexity index is 444. The highest BCUT2D eigenvalue weighted by Crippen LogP contribution is 2.33.